The van der Waals surface area contributed by atoms with Gasteiger partial charge in [-0.1, -0.05) is 13.8 Å². The van der Waals surface area contributed by atoms with Gasteiger partial charge in [0.2, 0.25) is 5.91 Å². The molecule has 0 radical (unpaired) electrons. The Hall–Kier alpha value is -1.71. The van der Waals surface area contributed by atoms with Crippen molar-refractivity contribution in [2.75, 3.05) is 30.4 Å². The second-order valence-electron chi connectivity index (χ2n) is 5.58. The zero-order chi connectivity index (χ0) is 14.5. The summed E-state index contributed by atoms with van der Waals surface area (Å²) in [7, 11) is 1.63. The van der Waals surface area contributed by atoms with E-state index in [1.807, 2.05) is 26.0 Å². The van der Waals surface area contributed by atoms with E-state index in [1.165, 1.54) is 19.3 Å². The predicted molar refractivity (Wildman–Crippen MR) is 82.5 cm³/mol. The second-order valence-corrected chi connectivity index (χ2v) is 5.58. The topological polar surface area (TPSA) is 41.6 Å². The highest BCUT2D eigenvalue weighted by atomic mass is 16.5. The number of amides is 1. The van der Waals surface area contributed by atoms with Crippen LogP contribution in [0.15, 0.2) is 18.2 Å². The van der Waals surface area contributed by atoms with Crippen LogP contribution in [0.4, 0.5) is 11.4 Å². The van der Waals surface area contributed by atoms with Crippen LogP contribution in [0.25, 0.3) is 0 Å². The fourth-order valence-electron chi connectivity index (χ4n) is 2.42. The molecule has 1 fully saturated rings. The van der Waals surface area contributed by atoms with Crippen LogP contribution < -0.4 is 15.0 Å². The second kappa shape index (κ2) is 6.64. The maximum atomic E-state index is 11.9. The summed E-state index contributed by atoms with van der Waals surface area (Å²) in [4.78, 5) is 14.3. The molecular weight excluding hydrogens is 252 g/mol. The van der Waals surface area contributed by atoms with Crippen LogP contribution in [0.3, 0.4) is 0 Å². The molecule has 0 aliphatic carbocycles. The molecule has 0 unspecified atom stereocenters. The number of ether oxygens (including phenoxy) is 1. The van der Waals surface area contributed by atoms with Gasteiger partial charge in [-0.3, -0.25) is 4.79 Å². The quantitative estimate of drug-likeness (QED) is 0.917. The molecule has 20 heavy (non-hydrogen) atoms. The third-order valence-corrected chi connectivity index (χ3v) is 3.69. The van der Waals surface area contributed by atoms with Crippen molar-refractivity contribution in [1.82, 2.24) is 0 Å². The Kier molecular flexibility index (Phi) is 4.88. The predicted octanol–water partition coefficient (Wildman–Crippen LogP) is 3.28. The van der Waals surface area contributed by atoms with Gasteiger partial charge in [-0.2, -0.15) is 0 Å². The van der Waals surface area contributed by atoms with E-state index in [9.17, 15) is 4.79 Å². The van der Waals surface area contributed by atoms with Crippen molar-refractivity contribution in [3.63, 3.8) is 0 Å². The molecule has 0 spiro atoms. The van der Waals surface area contributed by atoms with Crippen molar-refractivity contribution in [1.29, 1.82) is 0 Å². The summed E-state index contributed by atoms with van der Waals surface area (Å²) in [5, 5.41) is 2.95. The van der Waals surface area contributed by atoms with Gasteiger partial charge in [-0.15, -0.1) is 0 Å². The summed E-state index contributed by atoms with van der Waals surface area (Å²) in [5.74, 6) is 0.678. The van der Waals surface area contributed by atoms with Crippen molar-refractivity contribution in [2.45, 2.75) is 33.1 Å². The van der Waals surface area contributed by atoms with Crippen LogP contribution in [0, 0.1) is 5.92 Å². The number of hydrogen-bond donors (Lipinski definition) is 1. The van der Waals surface area contributed by atoms with E-state index in [2.05, 4.69) is 16.3 Å². The monoisotopic (exact) mass is 276 g/mol. The lowest BCUT2D eigenvalue weighted by molar-refractivity contribution is -0.118. The van der Waals surface area contributed by atoms with Gasteiger partial charge in [0.15, 0.2) is 0 Å². The normalized spacial score (nSPS) is 15.3. The van der Waals surface area contributed by atoms with Crippen LogP contribution in [0.5, 0.6) is 5.75 Å². The molecule has 0 bridgehead atoms. The zero-order valence-corrected chi connectivity index (χ0v) is 12.6. The lowest BCUT2D eigenvalue weighted by Gasteiger charge is -2.29. The number of piperidine rings is 1. The molecule has 110 valence electrons. The molecule has 1 aliphatic heterocycles. The highest BCUT2D eigenvalue weighted by molar-refractivity contribution is 5.94. The smallest absolute Gasteiger partial charge is 0.227 e. The zero-order valence-electron chi connectivity index (χ0n) is 12.6. The Morgan fingerprint density at radius 3 is 2.55 bits per heavy atom. The molecule has 1 aromatic rings. The number of carbonyl (C=O) groups is 1. The molecule has 1 amide bonds. The molecule has 1 saturated heterocycles. The number of benzene rings is 1. The van der Waals surface area contributed by atoms with Gasteiger partial charge >= 0.3 is 0 Å². The van der Waals surface area contributed by atoms with Gasteiger partial charge in [0.05, 0.1) is 12.8 Å². The number of anilines is 2. The van der Waals surface area contributed by atoms with Gasteiger partial charge < -0.3 is 15.0 Å². The Morgan fingerprint density at radius 2 is 1.95 bits per heavy atom. The minimum absolute atomic E-state index is 0.0131. The van der Waals surface area contributed by atoms with E-state index in [0.717, 1.165) is 24.5 Å². The van der Waals surface area contributed by atoms with Gasteiger partial charge in [0.25, 0.3) is 0 Å². The van der Waals surface area contributed by atoms with Crippen LogP contribution in [-0.4, -0.2) is 26.1 Å². The number of carbonyl (C=O) groups excluding carboxylic acids is 1. The summed E-state index contributed by atoms with van der Waals surface area (Å²) in [6.07, 6.45) is 3.78. The van der Waals surface area contributed by atoms with Gasteiger partial charge in [0, 0.05) is 24.7 Å². The molecule has 0 aromatic heterocycles. The van der Waals surface area contributed by atoms with Gasteiger partial charge in [-0.25, -0.2) is 0 Å². The summed E-state index contributed by atoms with van der Waals surface area (Å²) in [6, 6.07) is 6.01. The maximum Gasteiger partial charge on any atom is 0.227 e. The fourth-order valence-corrected chi connectivity index (χ4v) is 2.42. The Bertz CT molecular complexity index is 466. The maximum absolute atomic E-state index is 11.9. The highest BCUT2D eigenvalue weighted by Crippen LogP contribution is 2.31. The highest BCUT2D eigenvalue weighted by Gasteiger charge is 2.15. The number of rotatable bonds is 4. The Morgan fingerprint density at radius 1 is 1.25 bits per heavy atom. The molecule has 0 saturated carbocycles. The third-order valence-electron chi connectivity index (χ3n) is 3.69. The number of nitrogens with zero attached hydrogens (tertiary/aromatic N) is 1. The van der Waals surface area contributed by atoms with E-state index in [-0.39, 0.29) is 11.8 Å². The lowest BCUT2D eigenvalue weighted by Crippen LogP contribution is -2.29. The van der Waals surface area contributed by atoms with Gasteiger partial charge in [0.1, 0.15) is 5.75 Å². The average molecular weight is 276 g/mol. The van der Waals surface area contributed by atoms with E-state index in [0.29, 0.717) is 5.75 Å². The lowest BCUT2D eigenvalue weighted by atomic mass is 10.1. The molecule has 1 N–H and O–H groups in total. The molecule has 4 heteroatoms. The average Bonchev–Trinajstić information content (AvgIpc) is 2.48. The summed E-state index contributed by atoms with van der Waals surface area (Å²) >= 11 is 0. The Balaban J connectivity index is 2.21. The number of nitrogens with one attached hydrogen (secondary N) is 1. The van der Waals surface area contributed by atoms with Gasteiger partial charge in [-0.05, 0) is 37.5 Å². The molecule has 1 aliphatic rings. The molecule has 0 atom stereocenters. The van der Waals surface area contributed by atoms with Crippen LogP contribution in [-0.2, 0) is 4.79 Å². The largest absolute Gasteiger partial charge is 0.495 e. The third kappa shape index (κ3) is 3.44. The first-order valence-electron chi connectivity index (χ1n) is 7.35. The van der Waals surface area contributed by atoms with Crippen LogP contribution in [0.1, 0.15) is 33.1 Å². The summed E-state index contributed by atoms with van der Waals surface area (Å²) in [5.41, 5.74) is 1.92. The van der Waals surface area contributed by atoms with E-state index >= 15 is 0 Å². The van der Waals surface area contributed by atoms with Crippen molar-refractivity contribution in [3.05, 3.63) is 18.2 Å². The SMILES string of the molecule is COc1ccc(N2CCCCC2)cc1NC(=O)C(C)C. The first-order chi connectivity index (χ1) is 9.61. The molecule has 4 nitrogen and oxygen atoms in total. The van der Waals surface area contributed by atoms with E-state index < -0.39 is 0 Å². The van der Waals surface area contributed by atoms with Crippen LogP contribution >= 0.6 is 0 Å². The molecule has 1 heterocycles. The van der Waals surface area contributed by atoms with Crippen molar-refractivity contribution in [2.24, 2.45) is 5.92 Å². The first kappa shape index (κ1) is 14.7. The molecule has 1 aromatic carbocycles. The summed E-state index contributed by atoms with van der Waals surface area (Å²) < 4.78 is 5.34. The molecule has 2 rings (SSSR count). The fraction of sp³-hybridized carbons (Fsp3) is 0.562. The van der Waals surface area contributed by atoms with E-state index in [4.69, 9.17) is 4.74 Å². The Labute approximate surface area is 121 Å². The number of hydrogen-bond acceptors (Lipinski definition) is 3. The standard InChI is InChI=1S/C16H24N2O2/c1-12(2)16(19)17-14-11-13(7-8-15(14)20-3)18-9-5-4-6-10-18/h7-8,11-12H,4-6,9-10H2,1-3H3,(H,17,19). The minimum Gasteiger partial charge on any atom is -0.495 e. The first-order valence-corrected chi connectivity index (χ1v) is 7.35. The van der Waals surface area contributed by atoms with E-state index in [1.54, 1.807) is 7.11 Å². The summed E-state index contributed by atoms with van der Waals surface area (Å²) in [6.45, 7) is 5.94. The minimum atomic E-state index is -0.0432. The van der Waals surface area contributed by atoms with Crippen molar-refractivity contribution in [3.8, 4) is 5.75 Å². The number of methoxy groups -OCH3 is 1. The van der Waals surface area contributed by atoms with Crippen molar-refractivity contribution >= 4 is 17.3 Å². The van der Waals surface area contributed by atoms with Crippen molar-refractivity contribution < 1.29 is 9.53 Å². The molecular formula is C16H24N2O2. The van der Waals surface area contributed by atoms with Crippen LogP contribution in [0.2, 0.25) is 0 Å².